The predicted octanol–water partition coefficient (Wildman–Crippen LogP) is 0.101. The molecule has 0 aromatic carbocycles. The second kappa shape index (κ2) is 5.18. The molecule has 1 atom stereocenters. The van der Waals surface area contributed by atoms with Crippen LogP contribution in [-0.4, -0.2) is 44.2 Å². The standard InChI is InChI=1S/C10H12N8/c1-7(9-14-16-17-15-9)6-18(2)10-8(5-11)12-3-4-13-10/h3-4,7H,6H2,1-2H3,(H,14,15,16,17). The minimum Gasteiger partial charge on any atom is -0.357 e. The van der Waals surface area contributed by atoms with Crippen LogP contribution in [0.25, 0.3) is 0 Å². The zero-order valence-electron chi connectivity index (χ0n) is 10.1. The number of nitriles is 1. The fraction of sp³-hybridized carbons (Fsp3) is 0.400. The van der Waals surface area contributed by atoms with Crippen molar-refractivity contribution in [2.75, 3.05) is 18.5 Å². The quantitative estimate of drug-likeness (QED) is 0.812. The highest BCUT2D eigenvalue weighted by molar-refractivity contribution is 5.48. The minimum absolute atomic E-state index is 0.0716. The number of nitrogens with one attached hydrogen (secondary N) is 1. The van der Waals surface area contributed by atoms with E-state index in [9.17, 15) is 0 Å². The van der Waals surface area contributed by atoms with E-state index in [4.69, 9.17) is 5.26 Å². The van der Waals surface area contributed by atoms with E-state index in [1.54, 1.807) is 6.20 Å². The molecule has 0 spiro atoms. The van der Waals surface area contributed by atoms with E-state index in [0.717, 1.165) is 0 Å². The third-order valence-electron chi connectivity index (χ3n) is 2.50. The molecule has 92 valence electrons. The number of anilines is 1. The van der Waals surface area contributed by atoms with Gasteiger partial charge in [0, 0.05) is 31.9 Å². The second-order valence-corrected chi connectivity index (χ2v) is 3.89. The average Bonchev–Trinajstić information content (AvgIpc) is 2.92. The van der Waals surface area contributed by atoms with Crippen LogP contribution < -0.4 is 4.90 Å². The van der Waals surface area contributed by atoms with Gasteiger partial charge >= 0.3 is 0 Å². The van der Waals surface area contributed by atoms with E-state index in [2.05, 4.69) is 30.6 Å². The Morgan fingerprint density at radius 1 is 1.44 bits per heavy atom. The molecule has 18 heavy (non-hydrogen) atoms. The molecule has 0 fully saturated rings. The van der Waals surface area contributed by atoms with Crippen LogP contribution in [-0.2, 0) is 0 Å². The van der Waals surface area contributed by atoms with Crippen LogP contribution in [0.3, 0.4) is 0 Å². The van der Waals surface area contributed by atoms with Gasteiger partial charge in [-0.3, -0.25) is 0 Å². The van der Waals surface area contributed by atoms with Gasteiger partial charge in [-0.15, -0.1) is 10.2 Å². The van der Waals surface area contributed by atoms with Crippen LogP contribution in [0.5, 0.6) is 0 Å². The Labute approximate surface area is 104 Å². The predicted molar refractivity (Wildman–Crippen MR) is 62.6 cm³/mol. The maximum Gasteiger partial charge on any atom is 0.183 e. The summed E-state index contributed by atoms with van der Waals surface area (Å²) in [5.74, 6) is 1.25. The first-order valence-electron chi connectivity index (χ1n) is 5.38. The molecule has 0 aliphatic carbocycles. The molecule has 1 N–H and O–H groups in total. The second-order valence-electron chi connectivity index (χ2n) is 3.89. The van der Waals surface area contributed by atoms with Gasteiger partial charge in [0.1, 0.15) is 6.07 Å². The van der Waals surface area contributed by atoms with Crippen molar-refractivity contribution >= 4 is 5.82 Å². The van der Waals surface area contributed by atoms with Gasteiger partial charge in [-0.2, -0.15) is 10.5 Å². The van der Waals surface area contributed by atoms with Crippen molar-refractivity contribution in [2.24, 2.45) is 0 Å². The fourth-order valence-corrected chi connectivity index (χ4v) is 1.65. The maximum atomic E-state index is 8.97. The molecule has 0 saturated carbocycles. The molecule has 0 saturated heterocycles. The number of rotatable bonds is 4. The van der Waals surface area contributed by atoms with Gasteiger partial charge in [-0.25, -0.2) is 9.97 Å². The molecule has 8 heteroatoms. The number of hydrogen-bond donors (Lipinski definition) is 1. The first-order valence-corrected chi connectivity index (χ1v) is 5.38. The van der Waals surface area contributed by atoms with Gasteiger partial charge in [-0.1, -0.05) is 12.1 Å². The first kappa shape index (κ1) is 11.9. The van der Waals surface area contributed by atoms with Crippen LogP contribution in [0, 0.1) is 11.3 Å². The summed E-state index contributed by atoms with van der Waals surface area (Å²) >= 11 is 0. The molecular weight excluding hydrogens is 232 g/mol. The van der Waals surface area contributed by atoms with Crippen LogP contribution in [0.15, 0.2) is 12.4 Å². The summed E-state index contributed by atoms with van der Waals surface area (Å²) in [6.07, 6.45) is 3.06. The number of aromatic nitrogens is 6. The molecule has 2 aromatic heterocycles. The lowest BCUT2D eigenvalue weighted by atomic mass is 10.1. The summed E-state index contributed by atoms with van der Waals surface area (Å²) in [5.41, 5.74) is 0.306. The topological polar surface area (TPSA) is 107 Å². The van der Waals surface area contributed by atoms with Crippen molar-refractivity contribution < 1.29 is 0 Å². The van der Waals surface area contributed by atoms with Crippen molar-refractivity contribution in [3.63, 3.8) is 0 Å². The van der Waals surface area contributed by atoms with Gasteiger partial charge in [0.2, 0.25) is 0 Å². The highest BCUT2D eigenvalue weighted by atomic mass is 15.5. The molecule has 1 unspecified atom stereocenters. The Hall–Kier alpha value is -2.56. The third kappa shape index (κ3) is 2.40. The van der Waals surface area contributed by atoms with Crippen LogP contribution >= 0.6 is 0 Å². The van der Waals surface area contributed by atoms with Crippen molar-refractivity contribution in [1.82, 2.24) is 30.6 Å². The Bertz CT molecular complexity index is 543. The number of nitrogens with zero attached hydrogens (tertiary/aromatic N) is 7. The van der Waals surface area contributed by atoms with E-state index in [1.807, 2.05) is 24.9 Å². The molecule has 0 bridgehead atoms. The third-order valence-corrected chi connectivity index (χ3v) is 2.50. The minimum atomic E-state index is 0.0716. The summed E-state index contributed by atoms with van der Waals surface area (Å²) in [7, 11) is 1.85. The lowest BCUT2D eigenvalue weighted by molar-refractivity contribution is 0.680. The summed E-state index contributed by atoms with van der Waals surface area (Å²) in [5, 5.41) is 22.8. The normalized spacial score (nSPS) is 11.8. The largest absolute Gasteiger partial charge is 0.357 e. The number of likely N-dealkylation sites (N-methyl/N-ethyl adjacent to an activating group) is 1. The fourth-order valence-electron chi connectivity index (χ4n) is 1.65. The van der Waals surface area contributed by atoms with E-state index in [1.165, 1.54) is 6.20 Å². The molecule has 2 rings (SSSR count). The maximum absolute atomic E-state index is 8.97. The first-order chi connectivity index (χ1) is 8.72. The van der Waals surface area contributed by atoms with Crippen LogP contribution in [0.1, 0.15) is 24.4 Å². The van der Waals surface area contributed by atoms with E-state index in [-0.39, 0.29) is 5.92 Å². The molecule has 0 aliphatic heterocycles. The van der Waals surface area contributed by atoms with Crippen LogP contribution in [0.4, 0.5) is 5.82 Å². The highest BCUT2D eigenvalue weighted by Crippen LogP contribution is 2.16. The molecule has 8 nitrogen and oxygen atoms in total. The van der Waals surface area contributed by atoms with E-state index < -0.39 is 0 Å². The molecule has 0 aliphatic rings. The lowest BCUT2D eigenvalue weighted by Gasteiger charge is -2.20. The van der Waals surface area contributed by atoms with Crippen molar-refractivity contribution in [3.8, 4) is 6.07 Å². The SMILES string of the molecule is CC(CN(C)c1nccnc1C#N)c1nn[nH]n1. The molecule has 0 radical (unpaired) electrons. The smallest absolute Gasteiger partial charge is 0.183 e. The van der Waals surface area contributed by atoms with Crippen LogP contribution in [0.2, 0.25) is 0 Å². The molecule has 2 aromatic rings. The Kier molecular flexibility index (Phi) is 3.43. The zero-order valence-corrected chi connectivity index (χ0v) is 10.1. The van der Waals surface area contributed by atoms with Gasteiger partial charge < -0.3 is 4.90 Å². The summed E-state index contributed by atoms with van der Waals surface area (Å²) in [6.45, 7) is 2.59. The summed E-state index contributed by atoms with van der Waals surface area (Å²) in [6, 6.07) is 2.02. The molecule has 2 heterocycles. The number of hydrogen-bond acceptors (Lipinski definition) is 7. The Balaban J connectivity index is 2.13. The summed E-state index contributed by atoms with van der Waals surface area (Å²) < 4.78 is 0. The average molecular weight is 244 g/mol. The van der Waals surface area contributed by atoms with Crippen molar-refractivity contribution in [1.29, 1.82) is 5.26 Å². The number of aromatic amines is 1. The lowest BCUT2D eigenvalue weighted by Crippen LogP contribution is -2.25. The Morgan fingerprint density at radius 3 is 2.89 bits per heavy atom. The number of H-pyrrole nitrogens is 1. The zero-order chi connectivity index (χ0) is 13.0. The Morgan fingerprint density at radius 2 is 2.22 bits per heavy atom. The van der Waals surface area contributed by atoms with Gasteiger partial charge in [0.05, 0.1) is 0 Å². The van der Waals surface area contributed by atoms with E-state index >= 15 is 0 Å². The molecular formula is C10H12N8. The van der Waals surface area contributed by atoms with E-state index in [0.29, 0.717) is 23.9 Å². The van der Waals surface area contributed by atoms with Crippen molar-refractivity contribution in [3.05, 3.63) is 23.9 Å². The highest BCUT2D eigenvalue weighted by Gasteiger charge is 2.16. The van der Waals surface area contributed by atoms with Crippen molar-refractivity contribution in [2.45, 2.75) is 12.8 Å². The monoisotopic (exact) mass is 244 g/mol. The molecule has 0 amide bonds. The van der Waals surface area contributed by atoms with Gasteiger partial charge in [0.15, 0.2) is 17.3 Å². The van der Waals surface area contributed by atoms with Gasteiger partial charge in [-0.05, 0) is 0 Å². The summed E-state index contributed by atoms with van der Waals surface area (Å²) in [4.78, 5) is 9.99. The van der Waals surface area contributed by atoms with Gasteiger partial charge in [0.25, 0.3) is 0 Å². The number of tetrazole rings is 1.